The van der Waals surface area contributed by atoms with Gasteiger partial charge in [-0.15, -0.1) is 0 Å². The molecule has 40 valence electrons. The third-order valence-corrected chi connectivity index (χ3v) is 2.97. The zero-order valence-electron chi connectivity index (χ0n) is 4.89. The predicted molar refractivity (Wildman–Crippen MR) is 41.8 cm³/mol. The van der Waals surface area contributed by atoms with Crippen LogP contribution in [0, 0.1) is 0 Å². The van der Waals surface area contributed by atoms with Crippen LogP contribution in [0.5, 0.6) is 0 Å². The summed E-state index contributed by atoms with van der Waals surface area (Å²) in [5.41, 5.74) is 0. The van der Waals surface area contributed by atoms with Gasteiger partial charge in [0.2, 0.25) is 0 Å². The molecule has 0 aliphatic rings. The number of hydrogen-bond donors (Lipinski definition) is 0. The monoisotopic (exact) mass is 166 g/mol. The molecule has 1 aromatic rings. The normalized spacial score (nSPS) is 10.5. The molecule has 1 unspecified atom stereocenters. The fourth-order valence-corrected chi connectivity index (χ4v) is 1.71. The summed E-state index contributed by atoms with van der Waals surface area (Å²) in [6.45, 7) is 2.29. The van der Waals surface area contributed by atoms with Crippen LogP contribution in [-0.2, 0) is 0 Å². The molecule has 0 spiro atoms. The van der Waals surface area contributed by atoms with Gasteiger partial charge < -0.3 is 0 Å². The van der Waals surface area contributed by atoms with Crippen LogP contribution in [0.2, 0.25) is 0 Å². The quantitative estimate of drug-likeness (QED) is 0.483. The van der Waals surface area contributed by atoms with Crippen LogP contribution in [0.4, 0.5) is 0 Å². The Morgan fingerprint density at radius 3 is 2.12 bits per heavy atom. The first-order chi connectivity index (χ1) is 3.93. The first-order valence-electron chi connectivity index (χ1n) is 2.66. The molecular weight excluding hydrogens is 158 g/mol. The molecule has 0 N–H and O–H groups in total. The number of benzene rings is 1. The van der Waals surface area contributed by atoms with Crippen molar-refractivity contribution in [1.29, 1.82) is 0 Å². The van der Waals surface area contributed by atoms with Gasteiger partial charge >= 0.3 is 56.8 Å². The van der Waals surface area contributed by atoms with Crippen LogP contribution in [0.25, 0.3) is 0 Å². The zero-order chi connectivity index (χ0) is 5.82. The molecule has 0 amide bonds. The molecule has 8 heavy (non-hydrogen) atoms. The average Bonchev–Trinajstić information content (AvgIpc) is 1.90. The molecule has 1 atom stereocenters. The summed E-state index contributed by atoms with van der Waals surface area (Å²) in [6.07, 6.45) is 0. The SMILES string of the molecule is B[AsH]c1ccccc1. The molecule has 0 saturated carbocycles. The van der Waals surface area contributed by atoms with Gasteiger partial charge in [-0.05, 0) is 0 Å². The standard InChI is InChI=1S/C6H8AsB/c8-7-6-4-2-1-3-5-6/h1-5,7H,8H2. The van der Waals surface area contributed by atoms with Crippen molar-refractivity contribution in [3.63, 3.8) is 0 Å². The second-order valence-electron chi connectivity index (χ2n) is 1.62. The van der Waals surface area contributed by atoms with E-state index in [0.717, 1.165) is 0 Å². The van der Waals surface area contributed by atoms with Crippen LogP contribution in [0.1, 0.15) is 0 Å². The minimum atomic E-state index is 0.196. The molecule has 2 heteroatoms. The summed E-state index contributed by atoms with van der Waals surface area (Å²) in [5, 5.41) is 0. The van der Waals surface area contributed by atoms with Crippen molar-refractivity contribution in [2.75, 3.05) is 0 Å². The molecule has 0 radical (unpaired) electrons. The van der Waals surface area contributed by atoms with Crippen molar-refractivity contribution in [3.8, 4) is 0 Å². The average molecular weight is 166 g/mol. The van der Waals surface area contributed by atoms with Gasteiger partial charge in [-0.3, -0.25) is 0 Å². The Morgan fingerprint density at radius 2 is 1.75 bits per heavy atom. The van der Waals surface area contributed by atoms with Crippen molar-refractivity contribution in [2.24, 2.45) is 0 Å². The Hall–Kier alpha value is -0.157. The zero-order valence-corrected chi connectivity index (χ0v) is 6.98. The van der Waals surface area contributed by atoms with Gasteiger partial charge in [0.15, 0.2) is 0 Å². The fourth-order valence-electron chi connectivity index (χ4n) is 0.605. The van der Waals surface area contributed by atoms with Gasteiger partial charge in [0.1, 0.15) is 0 Å². The molecule has 0 fully saturated rings. The van der Waals surface area contributed by atoms with E-state index in [9.17, 15) is 0 Å². The summed E-state index contributed by atoms with van der Waals surface area (Å²) in [6, 6.07) is 10.6. The molecule has 0 saturated heterocycles. The molecule has 0 aliphatic heterocycles. The maximum atomic E-state index is 2.29. The second-order valence-corrected chi connectivity index (χ2v) is 3.88. The van der Waals surface area contributed by atoms with Gasteiger partial charge in [-0.25, -0.2) is 0 Å². The third kappa shape index (κ3) is 1.41. The van der Waals surface area contributed by atoms with Crippen molar-refractivity contribution in [3.05, 3.63) is 30.3 Å². The Labute approximate surface area is 57.2 Å². The fraction of sp³-hybridized carbons (Fsp3) is 0. The molecule has 0 heterocycles. The topological polar surface area (TPSA) is 0 Å². The van der Waals surface area contributed by atoms with Crippen LogP contribution in [0.15, 0.2) is 30.3 Å². The van der Waals surface area contributed by atoms with E-state index in [-0.39, 0.29) is 15.6 Å². The summed E-state index contributed by atoms with van der Waals surface area (Å²) < 4.78 is 1.53. The first kappa shape index (κ1) is 5.97. The number of rotatable bonds is 1. The molecule has 0 aliphatic carbocycles. The van der Waals surface area contributed by atoms with Crippen molar-refractivity contribution in [1.82, 2.24) is 0 Å². The van der Waals surface area contributed by atoms with E-state index < -0.39 is 0 Å². The van der Waals surface area contributed by atoms with Gasteiger partial charge in [-0.2, -0.15) is 0 Å². The molecule has 1 aromatic carbocycles. The van der Waals surface area contributed by atoms with Gasteiger partial charge in [0, 0.05) is 0 Å². The maximum absolute atomic E-state index is 2.29. The summed E-state index contributed by atoms with van der Waals surface area (Å²) in [7, 11) is 0. The first-order valence-corrected chi connectivity index (χ1v) is 5.81. The van der Waals surface area contributed by atoms with E-state index in [1.54, 1.807) is 0 Å². The van der Waals surface area contributed by atoms with Crippen LogP contribution in [-0.4, -0.2) is 22.1 Å². The predicted octanol–water partition coefficient (Wildman–Crippen LogP) is -0.704. The van der Waals surface area contributed by atoms with E-state index in [4.69, 9.17) is 0 Å². The van der Waals surface area contributed by atoms with Crippen LogP contribution >= 0.6 is 0 Å². The van der Waals surface area contributed by atoms with Crippen LogP contribution in [0.3, 0.4) is 0 Å². The third-order valence-electron chi connectivity index (χ3n) is 1.06. The minimum absolute atomic E-state index is 0.196. The molecule has 1 rings (SSSR count). The Balaban J connectivity index is 2.83. The van der Waals surface area contributed by atoms with Gasteiger partial charge in [0.25, 0.3) is 0 Å². The Kier molecular flexibility index (Phi) is 2.23. The Morgan fingerprint density at radius 1 is 1.12 bits per heavy atom. The van der Waals surface area contributed by atoms with Crippen molar-refractivity contribution in [2.45, 2.75) is 0 Å². The second kappa shape index (κ2) is 2.99. The van der Waals surface area contributed by atoms with E-state index in [0.29, 0.717) is 0 Å². The molecule has 0 aromatic heterocycles. The summed E-state index contributed by atoms with van der Waals surface area (Å²) >= 11 is 0.196. The number of hydrogen-bond acceptors (Lipinski definition) is 0. The van der Waals surface area contributed by atoms with E-state index in [2.05, 4.69) is 36.9 Å². The van der Waals surface area contributed by atoms with Gasteiger partial charge in [0.05, 0.1) is 0 Å². The van der Waals surface area contributed by atoms with Crippen LogP contribution < -0.4 is 4.35 Å². The van der Waals surface area contributed by atoms with Gasteiger partial charge in [-0.1, -0.05) is 0 Å². The summed E-state index contributed by atoms with van der Waals surface area (Å²) in [5.74, 6) is 0. The molecule has 0 bridgehead atoms. The van der Waals surface area contributed by atoms with E-state index >= 15 is 0 Å². The van der Waals surface area contributed by atoms with Crippen molar-refractivity contribution >= 4 is 26.5 Å². The molecular formula is C6H8AsB. The summed E-state index contributed by atoms with van der Waals surface area (Å²) in [4.78, 5) is 0. The van der Waals surface area contributed by atoms with E-state index in [1.165, 1.54) is 4.35 Å². The Bertz CT molecular complexity index is 150. The van der Waals surface area contributed by atoms with E-state index in [1.807, 2.05) is 0 Å². The molecule has 0 nitrogen and oxygen atoms in total. The van der Waals surface area contributed by atoms with Crippen molar-refractivity contribution < 1.29 is 0 Å².